The van der Waals surface area contributed by atoms with Gasteiger partial charge in [-0.2, -0.15) is 4.37 Å². The third-order valence-corrected chi connectivity index (χ3v) is 4.74. The van der Waals surface area contributed by atoms with Crippen LogP contribution in [0, 0.1) is 11.8 Å². The summed E-state index contributed by atoms with van der Waals surface area (Å²) in [7, 11) is 0. The van der Waals surface area contributed by atoms with Gasteiger partial charge in [0.2, 0.25) is 11.0 Å². The van der Waals surface area contributed by atoms with E-state index < -0.39 is 0 Å². The summed E-state index contributed by atoms with van der Waals surface area (Å²) in [6.07, 6.45) is 2.31. The number of carbonyl (C=O) groups excluding carboxylic acids is 1. The van der Waals surface area contributed by atoms with E-state index >= 15 is 0 Å². The van der Waals surface area contributed by atoms with Gasteiger partial charge >= 0.3 is 0 Å². The van der Waals surface area contributed by atoms with Crippen molar-refractivity contribution in [3.05, 3.63) is 5.82 Å². The van der Waals surface area contributed by atoms with E-state index in [1.165, 1.54) is 18.0 Å². The molecule has 0 spiro atoms. The van der Waals surface area contributed by atoms with Crippen LogP contribution in [0.3, 0.4) is 0 Å². The molecule has 1 aromatic heterocycles. The Morgan fingerprint density at radius 1 is 1.45 bits per heavy atom. The summed E-state index contributed by atoms with van der Waals surface area (Å²) in [6, 6.07) is 0. The first-order valence-corrected chi connectivity index (χ1v) is 8.91. The van der Waals surface area contributed by atoms with E-state index in [1.807, 2.05) is 13.8 Å². The van der Waals surface area contributed by atoms with Crippen LogP contribution in [0.1, 0.15) is 53.3 Å². The predicted molar refractivity (Wildman–Crippen MR) is 91.4 cm³/mol. The number of aromatic nitrogens is 2. The monoisotopic (exact) mass is 324 g/mol. The Balaban J connectivity index is 1.93. The lowest BCUT2D eigenvalue weighted by Crippen LogP contribution is -2.41. The molecule has 124 valence electrons. The predicted octanol–water partition coefficient (Wildman–Crippen LogP) is 2.82. The van der Waals surface area contributed by atoms with E-state index in [9.17, 15) is 4.79 Å². The number of piperidine rings is 1. The zero-order chi connectivity index (χ0) is 16.3. The third-order valence-electron chi connectivity index (χ3n) is 3.96. The number of rotatable bonds is 4. The molecule has 1 atom stereocenters. The van der Waals surface area contributed by atoms with Crippen LogP contribution < -0.4 is 10.2 Å². The van der Waals surface area contributed by atoms with Crippen LogP contribution in [0.5, 0.6) is 0 Å². The molecule has 1 fully saturated rings. The van der Waals surface area contributed by atoms with Gasteiger partial charge in [-0.1, -0.05) is 34.6 Å². The molecule has 6 heteroatoms. The number of nitrogens with one attached hydrogen (secondary N) is 1. The Labute approximate surface area is 137 Å². The molecule has 2 rings (SSSR count). The standard InChI is InChI=1S/C16H28N4OS/c1-11(2)13(21)17-9-12-7-6-8-20(10-12)15-18-14(19-22-15)16(3,4)5/h11-12H,6-10H2,1-5H3,(H,17,21). The lowest BCUT2D eigenvalue weighted by atomic mass is 9.96. The molecule has 1 unspecified atom stereocenters. The van der Waals surface area contributed by atoms with Crippen LogP contribution in [0.15, 0.2) is 0 Å². The molecule has 1 N–H and O–H groups in total. The van der Waals surface area contributed by atoms with Crippen LogP contribution in [0.25, 0.3) is 0 Å². The number of nitrogens with zero attached hydrogens (tertiary/aromatic N) is 3. The highest BCUT2D eigenvalue weighted by Crippen LogP contribution is 2.28. The maximum atomic E-state index is 11.7. The Kier molecular flexibility index (Phi) is 5.42. The molecule has 2 heterocycles. The van der Waals surface area contributed by atoms with Crippen molar-refractivity contribution in [2.75, 3.05) is 24.5 Å². The van der Waals surface area contributed by atoms with Gasteiger partial charge in [0.15, 0.2) is 0 Å². The van der Waals surface area contributed by atoms with Crippen molar-refractivity contribution in [2.24, 2.45) is 11.8 Å². The van der Waals surface area contributed by atoms with Crippen molar-refractivity contribution in [1.82, 2.24) is 14.7 Å². The molecular weight excluding hydrogens is 296 g/mol. The quantitative estimate of drug-likeness (QED) is 0.925. The molecule has 1 amide bonds. The van der Waals surface area contributed by atoms with Crippen LogP contribution in [0.2, 0.25) is 0 Å². The van der Waals surface area contributed by atoms with Crippen molar-refractivity contribution < 1.29 is 4.79 Å². The molecule has 1 aliphatic heterocycles. The minimum atomic E-state index is -0.00478. The lowest BCUT2D eigenvalue weighted by Gasteiger charge is -2.32. The topological polar surface area (TPSA) is 58.1 Å². The zero-order valence-electron chi connectivity index (χ0n) is 14.3. The number of hydrogen-bond acceptors (Lipinski definition) is 5. The fourth-order valence-electron chi connectivity index (χ4n) is 2.50. The van der Waals surface area contributed by atoms with E-state index in [2.05, 4.69) is 35.4 Å². The van der Waals surface area contributed by atoms with Gasteiger partial charge in [-0.3, -0.25) is 4.79 Å². The molecule has 0 saturated carbocycles. The summed E-state index contributed by atoms with van der Waals surface area (Å²) in [5.74, 6) is 1.61. The second-order valence-electron chi connectivity index (χ2n) is 7.50. The first kappa shape index (κ1) is 17.2. The van der Waals surface area contributed by atoms with Gasteiger partial charge in [0.05, 0.1) is 0 Å². The Bertz CT molecular complexity index is 506. The van der Waals surface area contributed by atoms with Crippen molar-refractivity contribution in [3.63, 3.8) is 0 Å². The van der Waals surface area contributed by atoms with Gasteiger partial charge < -0.3 is 10.2 Å². The highest BCUT2D eigenvalue weighted by Gasteiger charge is 2.25. The Morgan fingerprint density at radius 2 is 2.18 bits per heavy atom. The minimum absolute atomic E-state index is 0.00478. The third kappa shape index (κ3) is 4.41. The maximum absolute atomic E-state index is 11.7. The van der Waals surface area contributed by atoms with Crippen molar-refractivity contribution in [3.8, 4) is 0 Å². The number of anilines is 1. The zero-order valence-corrected chi connectivity index (χ0v) is 15.2. The molecule has 1 aromatic rings. The smallest absolute Gasteiger partial charge is 0.222 e. The SMILES string of the molecule is CC(C)C(=O)NCC1CCCN(c2nc(C(C)(C)C)ns2)C1. The highest BCUT2D eigenvalue weighted by molar-refractivity contribution is 7.09. The second-order valence-corrected chi connectivity index (χ2v) is 8.23. The van der Waals surface area contributed by atoms with Gasteiger partial charge in [0.25, 0.3) is 0 Å². The van der Waals surface area contributed by atoms with E-state index in [-0.39, 0.29) is 17.2 Å². The summed E-state index contributed by atoms with van der Waals surface area (Å²) in [5, 5.41) is 4.07. The molecule has 1 saturated heterocycles. The molecule has 0 aliphatic carbocycles. The normalized spacial score (nSPS) is 19.5. The largest absolute Gasteiger partial charge is 0.356 e. The average Bonchev–Trinajstić information content (AvgIpc) is 2.94. The molecule has 0 bridgehead atoms. The second kappa shape index (κ2) is 6.94. The molecular formula is C16H28N4OS. The first-order chi connectivity index (χ1) is 10.3. The summed E-state index contributed by atoms with van der Waals surface area (Å²) in [5.41, 5.74) is -0.00478. The van der Waals surface area contributed by atoms with Crippen LogP contribution in [-0.2, 0) is 10.2 Å². The van der Waals surface area contributed by atoms with E-state index in [1.54, 1.807) is 0 Å². The van der Waals surface area contributed by atoms with Gasteiger partial charge in [-0.15, -0.1) is 0 Å². The molecule has 22 heavy (non-hydrogen) atoms. The van der Waals surface area contributed by atoms with Crippen molar-refractivity contribution in [1.29, 1.82) is 0 Å². The van der Waals surface area contributed by atoms with Crippen LogP contribution in [-0.4, -0.2) is 34.9 Å². The Hall–Kier alpha value is -1.17. The lowest BCUT2D eigenvalue weighted by molar-refractivity contribution is -0.124. The number of carbonyl (C=O) groups is 1. The summed E-state index contributed by atoms with van der Waals surface area (Å²) >= 11 is 1.49. The van der Waals surface area contributed by atoms with Crippen molar-refractivity contribution in [2.45, 2.75) is 52.9 Å². The minimum Gasteiger partial charge on any atom is -0.356 e. The van der Waals surface area contributed by atoms with Crippen molar-refractivity contribution >= 4 is 22.6 Å². The first-order valence-electron chi connectivity index (χ1n) is 8.14. The van der Waals surface area contributed by atoms with Crippen LogP contribution in [0.4, 0.5) is 5.13 Å². The van der Waals surface area contributed by atoms with Crippen LogP contribution >= 0.6 is 11.5 Å². The average molecular weight is 324 g/mol. The van der Waals surface area contributed by atoms with E-state index in [4.69, 9.17) is 4.98 Å². The number of amides is 1. The van der Waals surface area contributed by atoms with Gasteiger partial charge in [0, 0.05) is 42.5 Å². The number of hydrogen-bond donors (Lipinski definition) is 1. The van der Waals surface area contributed by atoms with E-state index in [0.717, 1.165) is 37.0 Å². The molecule has 0 radical (unpaired) electrons. The summed E-state index contributed by atoms with van der Waals surface area (Å²) in [6.45, 7) is 13.0. The summed E-state index contributed by atoms with van der Waals surface area (Å²) < 4.78 is 4.50. The maximum Gasteiger partial charge on any atom is 0.222 e. The molecule has 5 nitrogen and oxygen atoms in total. The highest BCUT2D eigenvalue weighted by atomic mass is 32.1. The van der Waals surface area contributed by atoms with Gasteiger partial charge in [-0.25, -0.2) is 4.98 Å². The molecule has 1 aliphatic rings. The fourth-order valence-corrected chi connectivity index (χ4v) is 3.39. The van der Waals surface area contributed by atoms with Gasteiger partial charge in [0.1, 0.15) is 5.82 Å². The van der Waals surface area contributed by atoms with E-state index in [0.29, 0.717) is 5.92 Å². The van der Waals surface area contributed by atoms with Gasteiger partial charge in [-0.05, 0) is 18.8 Å². The fraction of sp³-hybridized carbons (Fsp3) is 0.812. The summed E-state index contributed by atoms with van der Waals surface area (Å²) in [4.78, 5) is 18.7. The Morgan fingerprint density at radius 3 is 2.77 bits per heavy atom. The molecule has 0 aromatic carbocycles.